The average molecular weight is 190 g/mol. The fraction of sp³-hybridized carbons (Fsp3) is 0.429. The van der Waals surface area contributed by atoms with E-state index in [0.717, 1.165) is 4.68 Å². The van der Waals surface area contributed by atoms with Crippen molar-refractivity contribution < 1.29 is 4.11 Å². The van der Waals surface area contributed by atoms with E-state index in [-0.39, 0.29) is 18.2 Å². The van der Waals surface area contributed by atoms with Crippen molar-refractivity contribution in [3.8, 4) is 0 Å². The topological polar surface area (TPSA) is 34.2 Å². The van der Waals surface area contributed by atoms with Crippen molar-refractivity contribution in [1.82, 2.24) is 15.1 Å². The number of hydrogen-bond donors (Lipinski definition) is 1. The number of halogens is 1. The fourth-order valence-electron chi connectivity index (χ4n) is 0.766. The lowest BCUT2D eigenvalue weighted by Crippen LogP contribution is -2.05. The first kappa shape index (κ1) is 6.46. The predicted octanol–water partition coefficient (Wildman–Crippen LogP) is 1.11. The van der Waals surface area contributed by atoms with Crippen LogP contribution in [0.5, 0.6) is 0 Å². The van der Waals surface area contributed by atoms with Gasteiger partial charge >= 0.3 is 0 Å². The molecular formula is C7H11ClN4. The summed E-state index contributed by atoms with van der Waals surface area (Å²) in [5.41, 5.74) is 0.551. The molecule has 1 N–H and O–H groups in total. The van der Waals surface area contributed by atoms with Crippen LogP contribution in [0.4, 0.5) is 5.82 Å². The second-order valence-electron chi connectivity index (χ2n) is 2.05. The van der Waals surface area contributed by atoms with Crippen LogP contribution in [0.1, 0.15) is 9.81 Å². The van der Waals surface area contributed by atoms with Crippen LogP contribution in [0.25, 0.3) is 4.85 Å². The zero-order valence-corrected chi connectivity index (χ0v) is 7.35. The molecule has 12 heavy (non-hydrogen) atoms. The molecule has 1 heterocycles. The third-order valence-corrected chi connectivity index (χ3v) is 1.21. The monoisotopic (exact) mass is 189 g/mol. The standard InChI is InChI=1S/C7H10N4.ClH/c1-8-5-6-4-7(9-2)11(3)10-6;/h4,8H,5H2,1,3H3;1H/i3D3;. The number of aryl methyl sites for hydroxylation is 1. The van der Waals surface area contributed by atoms with Gasteiger partial charge in [0.15, 0.2) is 0 Å². The molecule has 0 fully saturated rings. The van der Waals surface area contributed by atoms with Crippen molar-refractivity contribution in [2.24, 2.45) is 6.98 Å². The summed E-state index contributed by atoms with van der Waals surface area (Å²) in [7, 11) is 1.73. The third-order valence-electron chi connectivity index (χ3n) is 1.21. The second-order valence-corrected chi connectivity index (χ2v) is 2.05. The Hall–Kier alpha value is -1.05. The Bertz CT molecular complexity index is 365. The first-order valence-corrected chi connectivity index (χ1v) is 3.10. The van der Waals surface area contributed by atoms with Crippen LogP contribution in [0, 0.1) is 6.57 Å². The zero-order chi connectivity index (χ0) is 10.8. The first-order chi connectivity index (χ1) is 6.49. The van der Waals surface area contributed by atoms with Gasteiger partial charge in [-0.2, -0.15) is 0 Å². The second kappa shape index (κ2) is 4.75. The maximum atomic E-state index is 7.13. The molecule has 0 unspecified atom stereocenters. The highest BCUT2D eigenvalue weighted by molar-refractivity contribution is 5.85. The first-order valence-electron chi connectivity index (χ1n) is 4.60. The smallest absolute Gasteiger partial charge is 0.252 e. The van der Waals surface area contributed by atoms with E-state index >= 15 is 0 Å². The molecule has 1 aromatic rings. The molecule has 0 bridgehead atoms. The number of rotatable bonds is 2. The molecule has 0 aliphatic carbocycles. The van der Waals surface area contributed by atoms with Crippen LogP contribution in [0.15, 0.2) is 6.07 Å². The van der Waals surface area contributed by atoms with Gasteiger partial charge in [0.25, 0.3) is 5.82 Å². The maximum absolute atomic E-state index is 7.13. The molecule has 4 nitrogen and oxygen atoms in total. The van der Waals surface area contributed by atoms with Crippen LogP contribution in [0.3, 0.4) is 0 Å². The summed E-state index contributed by atoms with van der Waals surface area (Å²) in [6, 6.07) is 1.47. The highest BCUT2D eigenvalue weighted by Crippen LogP contribution is 2.11. The molecule has 0 spiro atoms. The van der Waals surface area contributed by atoms with Crippen molar-refractivity contribution in [3.05, 3.63) is 23.2 Å². The van der Waals surface area contributed by atoms with Gasteiger partial charge < -0.3 is 10.2 Å². The van der Waals surface area contributed by atoms with Crippen LogP contribution < -0.4 is 5.32 Å². The minimum absolute atomic E-state index is 0. The molecule has 0 aromatic carbocycles. The van der Waals surface area contributed by atoms with E-state index in [0.29, 0.717) is 12.2 Å². The largest absolute Gasteiger partial charge is 0.362 e. The van der Waals surface area contributed by atoms with Gasteiger partial charge in [-0.15, -0.1) is 17.5 Å². The molecule has 1 rings (SSSR count). The number of nitrogens with one attached hydrogen (secondary N) is 1. The summed E-state index contributed by atoms with van der Waals surface area (Å²) in [5.74, 6) is 0.0373. The van der Waals surface area contributed by atoms with Crippen molar-refractivity contribution in [2.45, 2.75) is 6.54 Å². The Morgan fingerprint density at radius 3 is 3.08 bits per heavy atom. The third kappa shape index (κ3) is 2.22. The Labute approximate surface area is 82.0 Å². The normalized spacial score (nSPS) is 13.5. The minimum Gasteiger partial charge on any atom is -0.362 e. The quantitative estimate of drug-likeness (QED) is 0.708. The average Bonchev–Trinajstić information content (AvgIpc) is 2.47. The Balaban J connectivity index is 0.00000196. The van der Waals surface area contributed by atoms with Crippen LogP contribution in [0.2, 0.25) is 0 Å². The summed E-state index contributed by atoms with van der Waals surface area (Å²) in [6.07, 6.45) is 0. The van der Waals surface area contributed by atoms with Crippen molar-refractivity contribution in [3.63, 3.8) is 0 Å². The number of hydrogen-bond acceptors (Lipinski definition) is 2. The summed E-state index contributed by atoms with van der Waals surface area (Å²) in [4.78, 5) is 3.10. The SMILES string of the molecule is Cl.[2H]C([2H])([2H])n1nc(CNC)cc1[N+]#[C-]. The molecule has 1 aromatic heterocycles. The molecule has 0 saturated heterocycles. The van der Waals surface area contributed by atoms with Gasteiger partial charge in [-0.05, 0) is 13.1 Å². The molecule has 5 heteroatoms. The molecule has 0 amide bonds. The van der Waals surface area contributed by atoms with Crippen LogP contribution in [-0.2, 0) is 13.5 Å². The van der Waals surface area contributed by atoms with Gasteiger partial charge in [-0.3, -0.25) is 0 Å². The summed E-state index contributed by atoms with van der Waals surface area (Å²) in [6.45, 7) is 4.87. The molecule has 0 aliphatic heterocycles. The van der Waals surface area contributed by atoms with Gasteiger partial charge in [0.05, 0.1) is 16.8 Å². The fourth-order valence-corrected chi connectivity index (χ4v) is 0.766. The zero-order valence-electron chi connectivity index (χ0n) is 9.53. The number of nitrogens with zero attached hydrogens (tertiary/aromatic N) is 3. The van der Waals surface area contributed by atoms with Gasteiger partial charge in [0, 0.05) is 6.54 Å². The van der Waals surface area contributed by atoms with E-state index in [1.165, 1.54) is 6.07 Å². The van der Waals surface area contributed by atoms with E-state index in [1.54, 1.807) is 7.05 Å². The van der Waals surface area contributed by atoms with Crippen LogP contribution in [-0.4, -0.2) is 16.8 Å². The van der Waals surface area contributed by atoms with E-state index in [1.807, 2.05) is 0 Å². The van der Waals surface area contributed by atoms with Crippen LogP contribution >= 0.6 is 12.4 Å². The van der Waals surface area contributed by atoms with E-state index < -0.39 is 6.98 Å². The summed E-state index contributed by atoms with van der Waals surface area (Å²) in [5, 5.41) is 6.66. The van der Waals surface area contributed by atoms with Gasteiger partial charge in [0.2, 0.25) is 0 Å². The maximum Gasteiger partial charge on any atom is 0.252 e. The summed E-state index contributed by atoms with van der Waals surface area (Å²) < 4.78 is 22.2. The molecular weight excluding hydrogens is 176 g/mol. The van der Waals surface area contributed by atoms with Gasteiger partial charge in [-0.1, -0.05) is 6.57 Å². The summed E-state index contributed by atoms with van der Waals surface area (Å²) >= 11 is 0. The number of aromatic nitrogens is 2. The van der Waals surface area contributed by atoms with E-state index in [4.69, 9.17) is 10.7 Å². The van der Waals surface area contributed by atoms with E-state index in [9.17, 15) is 0 Å². The lowest BCUT2D eigenvalue weighted by atomic mass is 10.4. The van der Waals surface area contributed by atoms with Gasteiger partial charge in [-0.25, -0.2) is 4.68 Å². The lowest BCUT2D eigenvalue weighted by molar-refractivity contribution is 0.719. The highest BCUT2D eigenvalue weighted by atomic mass is 35.5. The predicted molar refractivity (Wildman–Crippen MR) is 49.5 cm³/mol. The minimum atomic E-state index is -2.38. The highest BCUT2D eigenvalue weighted by Gasteiger charge is 2.02. The van der Waals surface area contributed by atoms with Gasteiger partial charge in [0.1, 0.15) is 0 Å². The van der Waals surface area contributed by atoms with Crippen molar-refractivity contribution in [2.75, 3.05) is 7.05 Å². The molecule has 0 radical (unpaired) electrons. The molecule has 0 saturated carbocycles. The Morgan fingerprint density at radius 2 is 2.67 bits per heavy atom. The molecule has 66 valence electrons. The Kier molecular flexibility index (Phi) is 2.56. The van der Waals surface area contributed by atoms with E-state index in [2.05, 4.69) is 15.3 Å². The Morgan fingerprint density at radius 1 is 1.92 bits per heavy atom. The molecule has 0 aliphatic rings. The lowest BCUT2D eigenvalue weighted by Gasteiger charge is -1.88. The molecule has 0 atom stereocenters. The van der Waals surface area contributed by atoms with Crippen molar-refractivity contribution >= 4 is 18.2 Å². The van der Waals surface area contributed by atoms with Crippen molar-refractivity contribution in [1.29, 1.82) is 0 Å².